The fraction of sp³-hybridized carbons (Fsp3) is 0.833. The van der Waals surface area contributed by atoms with Crippen LogP contribution in [0, 0.1) is 5.92 Å². The summed E-state index contributed by atoms with van der Waals surface area (Å²) >= 11 is 3.16. The van der Waals surface area contributed by atoms with Crippen LogP contribution in [0.1, 0.15) is 34.1 Å². The van der Waals surface area contributed by atoms with Crippen LogP contribution in [0.5, 0.6) is 0 Å². The van der Waals surface area contributed by atoms with Crippen molar-refractivity contribution in [2.45, 2.75) is 45.8 Å². The van der Waals surface area contributed by atoms with Crippen LogP contribution in [0.4, 0.5) is 4.79 Å². The lowest BCUT2D eigenvalue weighted by Crippen LogP contribution is -2.45. The third-order valence-corrected chi connectivity index (χ3v) is 3.34. The maximum absolute atomic E-state index is 12.0. The van der Waals surface area contributed by atoms with Gasteiger partial charge in [-0.25, -0.2) is 4.79 Å². The molecule has 1 fully saturated rings. The summed E-state index contributed by atoms with van der Waals surface area (Å²) in [4.78, 5) is 25.3. The van der Waals surface area contributed by atoms with E-state index >= 15 is 0 Å². The molecule has 1 aliphatic heterocycles. The summed E-state index contributed by atoms with van der Waals surface area (Å²) < 4.78 is 5.31. The van der Waals surface area contributed by atoms with Gasteiger partial charge in [-0.15, -0.1) is 0 Å². The lowest BCUT2D eigenvalue weighted by molar-refractivity contribution is -0.121. The highest BCUT2D eigenvalue weighted by molar-refractivity contribution is 9.09. The second-order valence-electron chi connectivity index (χ2n) is 5.48. The monoisotopic (exact) mass is 305 g/mol. The molecule has 1 rings (SSSR count). The molecule has 0 aliphatic carbocycles. The Kier molecular flexibility index (Phi) is 4.58. The van der Waals surface area contributed by atoms with Gasteiger partial charge in [-0.1, -0.05) is 22.9 Å². The topological polar surface area (TPSA) is 46.6 Å². The molecule has 0 aromatic rings. The Bertz CT molecular complexity index is 311. The molecule has 1 heterocycles. The summed E-state index contributed by atoms with van der Waals surface area (Å²) in [5, 5.41) is 0.279. The number of likely N-dealkylation sites (tertiary alicyclic amines) is 1. The maximum Gasteiger partial charge on any atom is 0.410 e. The van der Waals surface area contributed by atoms with Crippen molar-refractivity contribution in [1.82, 2.24) is 4.90 Å². The molecule has 98 valence electrons. The maximum atomic E-state index is 12.0. The Hall–Kier alpha value is -0.580. The summed E-state index contributed by atoms with van der Waals surface area (Å²) in [5.74, 6) is 0.244. The number of Topliss-reactive ketones (excluding diaryl/α,β-unsaturated/α-hetero) is 1. The number of rotatable bonds is 2. The third-order valence-electron chi connectivity index (χ3n) is 2.79. The van der Waals surface area contributed by atoms with Gasteiger partial charge in [0.2, 0.25) is 0 Å². The molecule has 2 unspecified atom stereocenters. The fourth-order valence-electron chi connectivity index (χ4n) is 2.04. The Morgan fingerprint density at radius 1 is 1.41 bits per heavy atom. The van der Waals surface area contributed by atoms with Crippen molar-refractivity contribution in [1.29, 1.82) is 0 Å². The number of ether oxygens (including phenoxy) is 1. The van der Waals surface area contributed by atoms with Crippen molar-refractivity contribution >= 4 is 27.8 Å². The molecule has 0 saturated carbocycles. The molecule has 17 heavy (non-hydrogen) atoms. The molecule has 0 radical (unpaired) electrons. The van der Waals surface area contributed by atoms with E-state index in [-0.39, 0.29) is 29.2 Å². The number of carbonyl (C=O) groups is 2. The second-order valence-corrected chi connectivity index (χ2v) is 6.05. The highest BCUT2D eigenvalue weighted by atomic mass is 79.9. The van der Waals surface area contributed by atoms with Crippen LogP contribution in [-0.4, -0.2) is 40.3 Å². The minimum Gasteiger partial charge on any atom is -0.444 e. The van der Waals surface area contributed by atoms with Crippen LogP contribution >= 0.6 is 15.9 Å². The number of amides is 1. The van der Waals surface area contributed by atoms with Crippen LogP contribution in [0.3, 0.4) is 0 Å². The van der Waals surface area contributed by atoms with E-state index in [1.807, 2.05) is 27.7 Å². The van der Waals surface area contributed by atoms with Gasteiger partial charge in [0.1, 0.15) is 5.60 Å². The lowest BCUT2D eigenvalue weighted by Gasteiger charge is -2.28. The van der Waals surface area contributed by atoms with Crippen molar-refractivity contribution in [3.63, 3.8) is 0 Å². The molecule has 0 aromatic carbocycles. The smallest absolute Gasteiger partial charge is 0.410 e. The fourth-order valence-corrected chi connectivity index (χ4v) is 2.37. The quantitative estimate of drug-likeness (QED) is 0.737. The van der Waals surface area contributed by atoms with E-state index in [0.29, 0.717) is 6.54 Å². The van der Waals surface area contributed by atoms with Crippen LogP contribution in [0.2, 0.25) is 0 Å². The zero-order valence-corrected chi connectivity index (χ0v) is 12.4. The van der Waals surface area contributed by atoms with E-state index in [9.17, 15) is 9.59 Å². The van der Waals surface area contributed by atoms with E-state index in [4.69, 9.17) is 4.74 Å². The van der Waals surface area contributed by atoms with E-state index in [2.05, 4.69) is 15.9 Å². The molecule has 0 spiro atoms. The summed E-state index contributed by atoms with van der Waals surface area (Å²) in [6, 6.07) is -0.343. The van der Waals surface area contributed by atoms with E-state index in [1.165, 1.54) is 0 Å². The van der Waals surface area contributed by atoms with Crippen LogP contribution < -0.4 is 0 Å². The van der Waals surface area contributed by atoms with Gasteiger partial charge in [-0.2, -0.15) is 0 Å². The number of carbonyl (C=O) groups excluding carboxylic acids is 2. The summed E-state index contributed by atoms with van der Waals surface area (Å²) in [6.07, 6.45) is 0.462. The predicted octanol–water partition coefficient (Wildman–Crippen LogP) is 2.60. The van der Waals surface area contributed by atoms with Gasteiger partial charge in [0.05, 0.1) is 11.4 Å². The largest absolute Gasteiger partial charge is 0.444 e. The van der Waals surface area contributed by atoms with Crippen LogP contribution in [0.25, 0.3) is 0 Å². The van der Waals surface area contributed by atoms with Crippen molar-refractivity contribution in [3.05, 3.63) is 0 Å². The molecule has 1 saturated heterocycles. The number of alkyl halides is 1. The second kappa shape index (κ2) is 5.38. The van der Waals surface area contributed by atoms with Gasteiger partial charge in [0, 0.05) is 6.54 Å². The predicted molar refractivity (Wildman–Crippen MR) is 69.3 cm³/mol. The van der Waals surface area contributed by atoms with Gasteiger partial charge in [-0.05, 0) is 33.1 Å². The van der Waals surface area contributed by atoms with E-state index in [1.54, 1.807) is 4.90 Å². The highest BCUT2D eigenvalue weighted by Crippen LogP contribution is 2.27. The van der Waals surface area contributed by atoms with Gasteiger partial charge >= 0.3 is 6.09 Å². The van der Waals surface area contributed by atoms with Gasteiger partial charge in [-0.3, -0.25) is 9.69 Å². The minimum absolute atomic E-state index is 0.0425. The Morgan fingerprint density at radius 3 is 2.47 bits per heavy atom. The first-order valence-electron chi connectivity index (χ1n) is 5.84. The molecule has 0 bridgehead atoms. The molecule has 1 aliphatic rings. The minimum atomic E-state index is -0.523. The van der Waals surface area contributed by atoms with Crippen LogP contribution in [0.15, 0.2) is 0 Å². The number of nitrogens with zero attached hydrogens (tertiary/aromatic N) is 1. The number of ketones is 1. The van der Waals surface area contributed by atoms with Crippen molar-refractivity contribution in [2.75, 3.05) is 11.9 Å². The summed E-state index contributed by atoms with van der Waals surface area (Å²) in [7, 11) is 0. The van der Waals surface area contributed by atoms with Gasteiger partial charge in [0.15, 0.2) is 5.78 Å². The molecule has 0 N–H and O–H groups in total. The zero-order valence-electron chi connectivity index (χ0n) is 10.8. The van der Waals surface area contributed by atoms with Gasteiger partial charge in [0.25, 0.3) is 0 Å². The first kappa shape index (κ1) is 14.5. The van der Waals surface area contributed by atoms with E-state index < -0.39 is 5.60 Å². The first-order valence-corrected chi connectivity index (χ1v) is 6.96. The summed E-state index contributed by atoms with van der Waals surface area (Å²) in [6.45, 7) is 8.07. The van der Waals surface area contributed by atoms with Crippen molar-refractivity contribution < 1.29 is 14.3 Å². The number of halogens is 1. The van der Waals surface area contributed by atoms with Crippen LogP contribution in [-0.2, 0) is 9.53 Å². The molecular weight excluding hydrogens is 286 g/mol. The molecule has 4 nitrogen and oxygen atoms in total. The lowest BCUT2D eigenvalue weighted by atomic mass is 10.00. The standard InChI is InChI=1S/C12H20BrNO3/c1-8-5-6-14(10(8)9(15)7-13)11(16)17-12(2,3)4/h8,10H,5-7H2,1-4H3. The Labute approximate surface area is 111 Å². The Morgan fingerprint density at radius 2 is 2.00 bits per heavy atom. The number of hydrogen-bond acceptors (Lipinski definition) is 3. The zero-order chi connectivity index (χ0) is 13.2. The molecule has 0 aromatic heterocycles. The van der Waals surface area contributed by atoms with Crippen molar-refractivity contribution in [3.8, 4) is 0 Å². The first-order chi connectivity index (χ1) is 7.76. The number of hydrogen-bond donors (Lipinski definition) is 0. The SMILES string of the molecule is CC1CCN(C(=O)OC(C)(C)C)C1C(=O)CBr. The molecule has 5 heteroatoms. The normalized spacial score (nSPS) is 24.9. The summed E-state index contributed by atoms with van der Waals surface area (Å²) in [5.41, 5.74) is -0.523. The average molecular weight is 306 g/mol. The van der Waals surface area contributed by atoms with Crippen molar-refractivity contribution in [2.24, 2.45) is 5.92 Å². The molecular formula is C12H20BrNO3. The third kappa shape index (κ3) is 3.69. The molecule has 2 atom stereocenters. The highest BCUT2D eigenvalue weighted by Gasteiger charge is 2.40. The average Bonchev–Trinajstić information content (AvgIpc) is 2.56. The molecule has 1 amide bonds. The Balaban J connectivity index is 2.76. The van der Waals surface area contributed by atoms with Gasteiger partial charge < -0.3 is 4.74 Å². The van der Waals surface area contributed by atoms with E-state index in [0.717, 1.165) is 6.42 Å².